The summed E-state index contributed by atoms with van der Waals surface area (Å²) < 4.78 is 14.9. The van der Waals surface area contributed by atoms with Crippen molar-refractivity contribution < 1.29 is 4.21 Å². The van der Waals surface area contributed by atoms with Crippen LogP contribution in [0.4, 0.5) is 0 Å². The molecule has 1 aromatic rings. The van der Waals surface area contributed by atoms with Gasteiger partial charge in [-0.15, -0.1) is 0 Å². The molecule has 0 radical (unpaired) electrons. The van der Waals surface area contributed by atoms with Crippen molar-refractivity contribution in [3.8, 4) is 0 Å². The normalized spacial score (nSPS) is 15.3. The lowest BCUT2D eigenvalue weighted by atomic mass is 10.1. The molecule has 0 aromatic carbocycles. The Balaban J connectivity index is 3.08. The molecule has 19 heavy (non-hydrogen) atoms. The van der Waals surface area contributed by atoms with Crippen LogP contribution in [-0.4, -0.2) is 18.9 Å². The Morgan fingerprint density at radius 3 is 2.11 bits per heavy atom. The first-order chi connectivity index (χ1) is 8.66. The summed E-state index contributed by atoms with van der Waals surface area (Å²) in [4.78, 5) is 8.21. The van der Waals surface area contributed by atoms with Crippen molar-refractivity contribution in [2.24, 2.45) is 0 Å². The molecule has 1 aromatic heterocycles. The Hall–Kier alpha value is -0.230. The van der Waals surface area contributed by atoms with Gasteiger partial charge in [-0.3, -0.25) is 0 Å². The molecule has 0 bridgehead atoms. The molecule has 0 spiro atoms. The lowest BCUT2D eigenvalue weighted by Crippen LogP contribution is -2.36. The largest absolute Gasteiger partial charge is 0.242 e. The number of nitrogens with zero attached hydrogens (tertiary/aromatic N) is 2. The van der Waals surface area contributed by atoms with Gasteiger partial charge in [0.15, 0.2) is 0 Å². The van der Waals surface area contributed by atoms with Gasteiger partial charge in [0.05, 0.1) is 21.8 Å². The summed E-state index contributed by atoms with van der Waals surface area (Å²) in [6.45, 7) is 9.39. The summed E-state index contributed by atoms with van der Waals surface area (Å²) in [6.07, 6.45) is 0.688. The van der Waals surface area contributed by atoms with E-state index in [1.807, 2.05) is 27.7 Å². The van der Waals surface area contributed by atoms with E-state index in [-0.39, 0.29) is 10.8 Å². The third-order valence-corrected chi connectivity index (χ3v) is 4.71. The van der Waals surface area contributed by atoms with Crippen LogP contribution in [0.25, 0.3) is 0 Å². The maximum Gasteiger partial charge on any atom is 0.139 e. The van der Waals surface area contributed by atoms with Crippen LogP contribution in [0.15, 0.2) is 0 Å². The lowest BCUT2D eigenvalue weighted by Gasteiger charge is -2.24. The molecule has 0 saturated carbocycles. The number of rotatable bonds is 4. The van der Waals surface area contributed by atoms with E-state index in [1.54, 1.807) is 6.92 Å². The molecular formula is C12H19Cl2N3OS. The number of hydrogen-bond donors (Lipinski definition) is 1. The molecule has 0 aliphatic heterocycles. The van der Waals surface area contributed by atoms with Gasteiger partial charge in [0.25, 0.3) is 0 Å². The van der Waals surface area contributed by atoms with E-state index in [0.717, 1.165) is 0 Å². The van der Waals surface area contributed by atoms with Gasteiger partial charge >= 0.3 is 0 Å². The Bertz CT molecular complexity index is 465. The standard InChI is InChI=1S/C12H19Cl2N3OS/c1-6-8(17-19(18)12(3,4)5)9-10(13)15-7(2)16-11(9)14/h8,17H,6H2,1-5H3. The molecule has 0 aliphatic carbocycles. The molecule has 2 atom stereocenters. The summed E-state index contributed by atoms with van der Waals surface area (Å²) in [5.74, 6) is 0.519. The van der Waals surface area contributed by atoms with Crippen molar-refractivity contribution >= 4 is 34.2 Å². The molecule has 4 nitrogen and oxygen atoms in total. The van der Waals surface area contributed by atoms with Crippen LogP contribution < -0.4 is 4.72 Å². The summed E-state index contributed by atoms with van der Waals surface area (Å²) >= 11 is 12.3. The van der Waals surface area contributed by atoms with Crippen molar-refractivity contribution in [3.05, 3.63) is 21.7 Å². The number of aromatic nitrogens is 2. The van der Waals surface area contributed by atoms with E-state index in [2.05, 4.69) is 14.7 Å². The fourth-order valence-electron chi connectivity index (χ4n) is 1.45. The Kier molecular flexibility index (Phi) is 5.74. The van der Waals surface area contributed by atoms with Crippen molar-refractivity contribution in [1.29, 1.82) is 0 Å². The third kappa shape index (κ3) is 4.38. The van der Waals surface area contributed by atoms with E-state index in [4.69, 9.17) is 23.2 Å². The van der Waals surface area contributed by atoms with E-state index in [9.17, 15) is 4.21 Å². The second-order valence-corrected chi connectivity index (χ2v) is 7.94. The van der Waals surface area contributed by atoms with Gasteiger partial charge < -0.3 is 0 Å². The van der Waals surface area contributed by atoms with Gasteiger partial charge in [0.1, 0.15) is 16.1 Å². The number of aryl methyl sites for hydroxylation is 1. The Morgan fingerprint density at radius 2 is 1.74 bits per heavy atom. The minimum atomic E-state index is -1.21. The molecule has 0 amide bonds. The van der Waals surface area contributed by atoms with Gasteiger partial charge in [0.2, 0.25) is 0 Å². The van der Waals surface area contributed by atoms with E-state index >= 15 is 0 Å². The highest BCUT2D eigenvalue weighted by atomic mass is 35.5. The van der Waals surface area contributed by atoms with Gasteiger partial charge in [-0.1, -0.05) is 30.1 Å². The number of nitrogens with one attached hydrogen (secondary N) is 1. The van der Waals surface area contributed by atoms with Crippen LogP contribution in [0.5, 0.6) is 0 Å². The van der Waals surface area contributed by atoms with Crippen LogP contribution in [0.2, 0.25) is 10.3 Å². The highest BCUT2D eigenvalue weighted by Gasteiger charge is 2.26. The van der Waals surface area contributed by atoms with Gasteiger partial charge in [-0.2, -0.15) is 0 Å². The SMILES string of the molecule is CCC(NS(=O)C(C)(C)C)c1c(Cl)nc(C)nc1Cl. The topological polar surface area (TPSA) is 54.9 Å². The second-order valence-electron chi connectivity index (χ2n) is 5.23. The predicted molar refractivity (Wildman–Crippen MR) is 80.9 cm³/mol. The summed E-state index contributed by atoms with van der Waals surface area (Å²) in [5, 5.41) is 0.616. The molecule has 0 fully saturated rings. The number of hydrogen-bond acceptors (Lipinski definition) is 3. The zero-order chi connectivity index (χ0) is 14.8. The number of halogens is 2. The maximum absolute atomic E-state index is 12.2. The maximum atomic E-state index is 12.2. The van der Waals surface area contributed by atoms with Crippen LogP contribution >= 0.6 is 23.2 Å². The zero-order valence-corrected chi connectivity index (χ0v) is 14.1. The second kappa shape index (κ2) is 6.48. The van der Waals surface area contributed by atoms with Crippen molar-refractivity contribution in [3.63, 3.8) is 0 Å². The van der Waals surface area contributed by atoms with Crippen LogP contribution in [-0.2, 0) is 11.0 Å². The third-order valence-electron chi connectivity index (χ3n) is 2.53. The zero-order valence-electron chi connectivity index (χ0n) is 11.8. The van der Waals surface area contributed by atoms with Gasteiger partial charge in [-0.05, 0) is 34.1 Å². The van der Waals surface area contributed by atoms with Crippen LogP contribution in [0.1, 0.15) is 51.5 Å². The molecular weight excluding hydrogens is 305 g/mol. The first-order valence-electron chi connectivity index (χ1n) is 6.04. The van der Waals surface area contributed by atoms with E-state index in [1.165, 1.54) is 0 Å². The molecule has 2 unspecified atom stereocenters. The van der Waals surface area contributed by atoms with Gasteiger partial charge in [0, 0.05) is 5.56 Å². The molecule has 1 rings (SSSR count). The minimum Gasteiger partial charge on any atom is -0.242 e. The molecule has 1 heterocycles. The molecule has 7 heteroatoms. The highest BCUT2D eigenvalue weighted by molar-refractivity contribution is 7.84. The fourth-order valence-corrected chi connectivity index (χ4v) is 3.09. The first-order valence-corrected chi connectivity index (χ1v) is 7.95. The molecule has 0 aliphatic rings. The monoisotopic (exact) mass is 323 g/mol. The van der Waals surface area contributed by atoms with Crippen molar-refractivity contribution in [2.75, 3.05) is 0 Å². The molecule has 1 N–H and O–H groups in total. The summed E-state index contributed by atoms with van der Waals surface area (Å²) in [5.41, 5.74) is 0.606. The van der Waals surface area contributed by atoms with Crippen molar-refractivity contribution in [1.82, 2.24) is 14.7 Å². The summed E-state index contributed by atoms with van der Waals surface area (Å²) in [6, 6.07) is -0.236. The average molecular weight is 324 g/mol. The minimum absolute atomic E-state index is 0.236. The Morgan fingerprint density at radius 1 is 1.26 bits per heavy atom. The van der Waals surface area contributed by atoms with Crippen molar-refractivity contribution in [2.45, 2.75) is 51.8 Å². The first kappa shape index (κ1) is 16.8. The van der Waals surface area contributed by atoms with Crippen LogP contribution in [0.3, 0.4) is 0 Å². The lowest BCUT2D eigenvalue weighted by molar-refractivity contribution is 0.586. The molecule has 0 saturated heterocycles. The van der Waals surface area contributed by atoms with E-state index in [0.29, 0.717) is 28.1 Å². The van der Waals surface area contributed by atoms with Crippen LogP contribution in [0, 0.1) is 6.92 Å². The average Bonchev–Trinajstić information content (AvgIpc) is 2.24. The fraction of sp³-hybridized carbons (Fsp3) is 0.667. The highest BCUT2D eigenvalue weighted by Crippen LogP contribution is 2.30. The molecule has 108 valence electrons. The smallest absolute Gasteiger partial charge is 0.139 e. The predicted octanol–water partition coefficient (Wildman–Crippen LogP) is 3.59. The van der Waals surface area contributed by atoms with E-state index < -0.39 is 11.0 Å². The quantitative estimate of drug-likeness (QED) is 0.861. The Labute approximate surface area is 126 Å². The summed E-state index contributed by atoms with van der Waals surface area (Å²) in [7, 11) is -1.21. The van der Waals surface area contributed by atoms with Gasteiger partial charge in [-0.25, -0.2) is 18.9 Å².